The third kappa shape index (κ3) is 4.63. The Morgan fingerprint density at radius 3 is 1.90 bits per heavy atom. The predicted octanol–water partition coefficient (Wildman–Crippen LogP) is 8.83. The molecule has 42 heavy (non-hydrogen) atoms. The first-order valence-corrected chi connectivity index (χ1v) is 15.2. The van der Waals surface area contributed by atoms with E-state index in [9.17, 15) is 0 Å². The molecule has 2 N–H and O–H groups in total. The van der Waals surface area contributed by atoms with E-state index in [0.29, 0.717) is 0 Å². The average Bonchev–Trinajstić information content (AvgIpc) is 3.37. The van der Waals surface area contributed by atoms with Gasteiger partial charge in [0.05, 0.1) is 39.7 Å². The van der Waals surface area contributed by atoms with Gasteiger partial charge in [0, 0.05) is 15.4 Å². The summed E-state index contributed by atoms with van der Waals surface area (Å²) < 4.78 is 3.04. The third-order valence-corrected chi connectivity index (χ3v) is 8.22. The molecule has 0 aliphatic heterocycles. The quantitative estimate of drug-likeness (QED) is 0.144. The van der Waals surface area contributed by atoms with Gasteiger partial charge in [-0.25, -0.2) is 15.0 Å². The molecular weight excluding hydrogens is 629 g/mol. The number of para-hydroxylation sites is 1. The summed E-state index contributed by atoms with van der Waals surface area (Å²) in [5.74, 6) is 0.816. The normalized spacial score (nSPS) is 11.5. The van der Waals surface area contributed by atoms with E-state index >= 15 is 0 Å². The Bertz CT molecular complexity index is 2110. The minimum atomic E-state index is 0.785. The van der Waals surface area contributed by atoms with E-state index in [1.807, 2.05) is 54.6 Å². The Labute approximate surface area is 257 Å². The standard InChI is InChI=1S/C36H26IN5/c37-23-28-27-12-3-4-19-34(27)42(35(28)21-22-38)36-20-8-18-33(41-36)32-17-7-16-31(40-32)30-15-6-14-29(39-30)26-13-5-10-24-9-1-2-11-25(24)26/h1-22H,23,38H2/b22-21-. The van der Waals surface area contributed by atoms with Crippen molar-refractivity contribution in [3.05, 3.63) is 139 Å². The molecule has 0 atom stereocenters. The van der Waals surface area contributed by atoms with Crippen LogP contribution in [-0.2, 0) is 4.43 Å². The van der Waals surface area contributed by atoms with E-state index in [4.69, 9.17) is 20.7 Å². The Morgan fingerprint density at radius 1 is 0.595 bits per heavy atom. The fourth-order valence-corrected chi connectivity index (χ4v) is 6.37. The van der Waals surface area contributed by atoms with Crippen LogP contribution in [0.4, 0.5) is 0 Å². The van der Waals surface area contributed by atoms with E-state index < -0.39 is 0 Å². The summed E-state index contributed by atoms with van der Waals surface area (Å²) in [6, 6.07) is 41.3. The van der Waals surface area contributed by atoms with Crippen molar-refractivity contribution in [1.29, 1.82) is 0 Å². The first kappa shape index (κ1) is 26.1. The molecule has 202 valence electrons. The molecule has 0 aliphatic rings. The molecular formula is C36H26IN5. The van der Waals surface area contributed by atoms with Crippen LogP contribution in [0.5, 0.6) is 0 Å². The van der Waals surface area contributed by atoms with Crippen molar-refractivity contribution in [2.24, 2.45) is 5.73 Å². The molecule has 3 aromatic carbocycles. The lowest BCUT2D eigenvalue weighted by Crippen LogP contribution is -2.02. The van der Waals surface area contributed by atoms with Gasteiger partial charge in [-0.15, -0.1) is 0 Å². The molecule has 0 radical (unpaired) electrons. The second-order valence-electron chi connectivity index (χ2n) is 9.93. The lowest BCUT2D eigenvalue weighted by atomic mass is 10.0. The molecule has 7 aromatic rings. The van der Waals surface area contributed by atoms with E-state index in [-0.39, 0.29) is 0 Å². The zero-order chi connectivity index (χ0) is 28.5. The number of alkyl halides is 1. The highest BCUT2D eigenvalue weighted by Gasteiger charge is 2.17. The fraction of sp³-hybridized carbons (Fsp3) is 0.0278. The van der Waals surface area contributed by atoms with Crippen molar-refractivity contribution in [3.63, 3.8) is 0 Å². The molecule has 0 unspecified atom stereocenters. The highest BCUT2D eigenvalue weighted by atomic mass is 127. The maximum Gasteiger partial charge on any atom is 0.138 e. The van der Waals surface area contributed by atoms with E-state index in [2.05, 4.69) is 100.0 Å². The Kier molecular flexibility index (Phi) is 6.97. The number of nitrogens with two attached hydrogens (primary N) is 1. The summed E-state index contributed by atoms with van der Waals surface area (Å²) in [4.78, 5) is 15.1. The average molecular weight is 656 g/mol. The zero-order valence-electron chi connectivity index (χ0n) is 22.7. The van der Waals surface area contributed by atoms with Gasteiger partial charge in [0.15, 0.2) is 0 Å². The van der Waals surface area contributed by atoms with Gasteiger partial charge < -0.3 is 5.73 Å². The number of hydrogen-bond acceptors (Lipinski definition) is 4. The van der Waals surface area contributed by atoms with Crippen LogP contribution in [0.1, 0.15) is 11.3 Å². The number of pyridine rings is 3. The molecule has 4 aromatic heterocycles. The van der Waals surface area contributed by atoms with Crippen molar-refractivity contribution >= 4 is 50.3 Å². The van der Waals surface area contributed by atoms with Gasteiger partial charge in [-0.1, -0.05) is 101 Å². The topological polar surface area (TPSA) is 69.6 Å². The minimum Gasteiger partial charge on any atom is -0.405 e. The highest BCUT2D eigenvalue weighted by Crippen LogP contribution is 2.33. The van der Waals surface area contributed by atoms with Crippen molar-refractivity contribution in [2.75, 3.05) is 0 Å². The van der Waals surface area contributed by atoms with Gasteiger partial charge in [0.25, 0.3) is 0 Å². The molecule has 0 saturated carbocycles. The fourth-order valence-electron chi connectivity index (χ4n) is 5.57. The van der Waals surface area contributed by atoms with Gasteiger partial charge >= 0.3 is 0 Å². The van der Waals surface area contributed by atoms with Crippen LogP contribution in [-0.4, -0.2) is 19.5 Å². The van der Waals surface area contributed by atoms with Crippen LogP contribution in [0.25, 0.3) is 67.6 Å². The van der Waals surface area contributed by atoms with E-state index in [1.54, 1.807) is 6.20 Å². The van der Waals surface area contributed by atoms with Crippen LogP contribution in [0.3, 0.4) is 0 Å². The lowest BCUT2D eigenvalue weighted by Gasteiger charge is -2.11. The molecule has 0 saturated heterocycles. The molecule has 5 nitrogen and oxygen atoms in total. The summed E-state index contributed by atoms with van der Waals surface area (Å²) in [5, 5.41) is 3.57. The second kappa shape index (κ2) is 11.2. The number of rotatable bonds is 6. The Morgan fingerprint density at radius 2 is 1.17 bits per heavy atom. The van der Waals surface area contributed by atoms with E-state index in [1.165, 1.54) is 21.7 Å². The smallest absolute Gasteiger partial charge is 0.138 e. The summed E-state index contributed by atoms with van der Waals surface area (Å²) >= 11 is 2.41. The molecule has 7 rings (SSSR count). The first-order chi connectivity index (χ1) is 20.7. The van der Waals surface area contributed by atoms with Crippen LogP contribution in [0.2, 0.25) is 0 Å². The summed E-state index contributed by atoms with van der Waals surface area (Å²) in [6.45, 7) is 0. The number of nitrogens with zero attached hydrogens (tertiary/aromatic N) is 4. The maximum absolute atomic E-state index is 5.89. The molecule has 0 fully saturated rings. The third-order valence-electron chi connectivity index (χ3n) is 7.46. The molecule has 0 amide bonds. The molecule has 4 heterocycles. The van der Waals surface area contributed by atoms with Gasteiger partial charge in [0.2, 0.25) is 0 Å². The second-order valence-corrected chi connectivity index (χ2v) is 10.7. The van der Waals surface area contributed by atoms with Crippen molar-refractivity contribution < 1.29 is 0 Å². The summed E-state index contributed by atoms with van der Waals surface area (Å²) in [6.07, 6.45) is 3.55. The van der Waals surface area contributed by atoms with Gasteiger partial charge in [0.1, 0.15) is 5.82 Å². The first-order valence-electron chi connectivity index (χ1n) is 13.7. The minimum absolute atomic E-state index is 0.785. The number of benzene rings is 3. The van der Waals surface area contributed by atoms with Crippen molar-refractivity contribution in [1.82, 2.24) is 19.5 Å². The van der Waals surface area contributed by atoms with Gasteiger partial charge in [-0.3, -0.25) is 4.57 Å². The van der Waals surface area contributed by atoms with Crippen LogP contribution >= 0.6 is 22.6 Å². The molecule has 0 spiro atoms. The maximum atomic E-state index is 5.89. The van der Waals surface area contributed by atoms with Gasteiger partial charge in [-0.2, -0.15) is 0 Å². The number of fused-ring (bicyclic) bond motifs is 2. The van der Waals surface area contributed by atoms with Gasteiger partial charge in [-0.05, 0) is 71.1 Å². The summed E-state index contributed by atoms with van der Waals surface area (Å²) in [7, 11) is 0. The van der Waals surface area contributed by atoms with Crippen molar-refractivity contribution in [2.45, 2.75) is 4.43 Å². The number of halogens is 1. The van der Waals surface area contributed by atoms with E-state index in [0.717, 1.165) is 55.5 Å². The monoisotopic (exact) mass is 655 g/mol. The van der Waals surface area contributed by atoms with Crippen LogP contribution < -0.4 is 5.73 Å². The molecule has 0 bridgehead atoms. The SMILES string of the molecule is N/C=C\c1c(CI)c2ccccc2n1-c1cccc(-c2cccc(-c3cccc(-c4cccc5ccccc45)n3)n2)n1. The van der Waals surface area contributed by atoms with Crippen molar-refractivity contribution in [3.8, 4) is 39.9 Å². The Hall–Kier alpha value is -4.82. The molecule has 0 aliphatic carbocycles. The number of hydrogen-bond donors (Lipinski definition) is 1. The highest BCUT2D eigenvalue weighted by molar-refractivity contribution is 14.1. The van der Waals surface area contributed by atoms with Crippen LogP contribution in [0.15, 0.2) is 128 Å². The Balaban J connectivity index is 1.30. The largest absolute Gasteiger partial charge is 0.405 e. The lowest BCUT2D eigenvalue weighted by molar-refractivity contribution is 1.02. The molecule has 6 heteroatoms. The summed E-state index contributed by atoms with van der Waals surface area (Å²) in [5.41, 5.74) is 14.5. The van der Waals surface area contributed by atoms with Crippen LogP contribution in [0, 0.1) is 0 Å². The zero-order valence-corrected chi connectivity index (χ0v) is 24.8. The predicted molar refractivity (Wildman–Crippen MR) is 181 cm³/mol. The number of aromatic nitrogens is 4.